The van der Waals surface area contributed by atoms with Crippen LogP contribution in [0.25, 0.3) is 0 Å². The molecular formula is C21H28N2O3S. The average molecular weight is 389 g/mol. The largest absolute Gasteiger partial charge is 0.322 e. The second-order valence-electron chi connectivity index (χ2n) is 6.97. The van der Waals surface area contributed by atoms with E-state index in [0.29, 0.717) is 17.8 Å². The summed E-state index contributed by atoms with van der Waals surface area (Å²) in [7, 11) is -3.27. The third-order valence-electron chi connectivity index (χ3n) is 4.57. The SMILES string of the molecule is CCc1ccc(C(=O)Nc2ccc(C(C)CNS(=O)(=O)C(C)C)cc2)cc1. The number of hydrogen-bond acceptors (Lipinski definition) is 3. The molecule has 0 saturated heterocycles. The minimum absolute atomic E-state index is 0.0323. The van der Waals surface area contributed by atoms with E-state index in [9.17, 15) is 13.2 Å². The number of hydrogen-bond donors (Lipinski definition) is 2. The standard InChI is InChI=1S/C21H28N2O3S/c1-5-17-6-8-19(9-7-17)21(24)23-20-12-10-18(11-13-20)16(4)14-22-27(25,26)15(2)3/h6-13,15-16,22H,5,14H2,1-4H3,(H,23,24). The van der Waals surface area contributed by atoms with Gasteiger partial charge in [-0.15, -0.1) is 0 Å². The second-order valence-corrected chi connectivity index (χ2v) is 9.29. The smallest absolute Gasteiger partial charge is 0.255 e. The molecule has 27 heavy (non-hydrogen) atoms. The van der Waals surface area contributed by atoms with Crippen LogP contribution in [0.4, 0.5) is 5.69 Å². The zero-order valence-corrected chi connectivity index (χ0v) is 17.1. The Kier molecular flexibility index (Phi) is 7.16. The maximum atomic E-state index is 12.3. The first kappa shape index (κ1) is 21.1. The van der Waals surface area contributed by atoms with Gasteiger partial charge in [-0.25, -0.2) is 13.1 Å². The molecule has 1 amide bonds. The van der Waals surface area contributed by atoms with Gasteiger partial charge in [0, 0.05) is 17.8 Å². The molecule has 0 fully saturated rings. The van der Waals surface area contributed by atoms with Crippen molar-refractivity contribution < 1.29 is 13.2 Å². The molecule has 0 aliphatic rings. The van der Waals surface area contributed by atoms with E-state index in [2.05, 4.69) is 17.0 Å². The maximum Gasteiger partial charge on any atom is 0.255 e. The van der Waals surface area contributed by atoms with Gasteiger partial charge in [0.15, 0.2) is 0 Å². The Morgan fingerprint density at radius 2 is 1.56 bits per heavy atom. The fourth-order valence-electron chi connectivity index (χ4n) is 2.52. The van der Waals surface area contributed by atoms with E-state index < -0.39 is 15.3 Å². The lowest BCUT2D eigenvalue weighted by Gasteiger charge is -2.15. The third-order valence-corrected chi connectivity index (χ3v) is 6.38. The Hall–Kier alpha value is -2.18. The minimum atomic E-state index is -3.27. The minimum Gasteiger partial charge on any atom is -0.322 e. The highest BCUT2D eigenvalue weighted by Gasteiger charge is 2.17. The molecule has 2 aromatic rings. The first-order valence-electron chi connectivity index (χ1n) is 9.21. The molecule has 0 radical (unpaired) electrons. The molecule has 0 aliphatic carbocycles. The van der Waals surface area contributed by atoms with Crippen LogP contribution in [0.1, 0.15) is 55.1 Å². The van der Waals surface area contributed by atoms with Crippen molar-refractivity contribution in [1.82, 2.24) is 4.72 Å². The van der Waals surface area contributed by atoms with Crippen molar-refractivity contribution in [3.05, 3.63) is 65.2 Å². The van der Waals surface area contributed by atoms with Crippen LogP contribution in [0.15, 0.2) is 48.5 Å². The number of rotatable bonds is 8. The highest BCUT2D eigenvalue weighted by atomic mass is 32.2. The molecule has 6 heteroatoms. The quantitative estimate of drug-likeness (QED) is 0.719. The van der Waals surface area contributed by atoms with Gasteiger partial charge in [0.25, 0.3) is 5.91 Å². The van der Waals surface area contributed by atoms with Gasteiger partial charge in [-0.05, 0) is 61.6 Å². The highest BCUT2D eigenvalue weighted by Crippen LogP contribution is 2.19. The maximum absolute atomic E-state index is 12.3. The number of amides is 1. The molecule has 2 aromatic carbocycles. The predicted octanol–water partition coefficient (Wildman–Crippen LogP) is 3.93. The summed E-state index contributed by atoms with van der Waals surface area (Å²) in [5, 5.41) is 2.43. The van der Waals surface area contributed by atoms with E-state index in [0.717, 1.165) is 12.0 Å². The topological polar surface area (TPSA) is 75.3 Å². The lowest BCUT2D eigenvalue weighted by molar-refractivity contribution is 0.102. The number of aryl methyl sites for hydroxylation is 1. The molecule has 2 N–H and O–H groups in total. The van der Waals surface area contributed by atoms with Gasteiger partial charge in [-0.1, -0.05) is 38.1 Å². The molecule has 0 aliphatic heterocycles. The van der Waals surface area contributed by atoms with Crippen molar-refractivity contribution >= 4 is 21.6 Å². The van der Waals surface area contributed by atoms with Crippen LogP contribution >= 0.6 is 0 Å². The zero-order chi connectivity index (χ0) is 20.0. The lowest BCUT2D eigenvalue weighted by atomic mass is 10.0. The Morgan fingerprint density at radius 3 is 2.07 bits per heavy atom. The van der Waals surface area contributed by atoms with Crippen LogP contribution in [-0.2, 0) is 16.4 Å². The van der Waals surface area contributed by atoms with Crippen LogP contribution in [0.3, 0.4) is 0 Å². The molecule has 1 atom stereocenters. The number of sulfonamides is 1. The molecule has 2 rings (SSSR count). The normalized spacial score (nSPS) is 12.8. The molecule has 0 bridgehead atoms. The fourth-order valence-corrected chi connectivity index (χ4v) is 3.33. The summed E-state index contributed by atoms with van der Waals surface area (Å²) < 4.78 is 26.4. The lowest BCUT2D eigenvalue weighted by Crippen LogP contribution is -2.33. The van der Waals surface area contributed by atoms with Crippen LogP contribution in [0.5, 0.6) is 0 Å². The van der Waals surface area contributed by atoms with Gasteiger partial charge >= 0.3 is 0 Å². The van der Waals surface area contributed by atoms with Crippen molar-refractivity contribution in [2.24, 2.45) is 0 Å². The van der Waals surface area contributed by atoms with Gasteiger partial charge in [0.1, 0.15) is 0 Å². The third kappa shape index (κ3) is 5.91. The van der Waals surface area contributed by atoms with Crippen molar-refractivity contribution in [2.45, 2.75) is 45.3 Å². The number of nitrogens with one attached hydrogen (secondary N) is 2. The molecule has 146 valence electrons. The van der Waals surface area contributed by atoms with Gasteiger partial charge in [0.2, 0.25) is 10.0 Å². The molecule has 5 nitrogen and oxygen atoms in total. The Bertz CT molecular complexity index is 857. The van der Waals surface area contributed by atoms with Gasteiger partial charge in [0.05, 0.1) is 5.25 Å². The molecule has 0 saturated carbocycles. The summed E-state index contributed by atoms with van der Waals surface area (Å²) in [5.41, 5.74) is 3.52. The first-order chi connectivity index (χ1) is 12.7. The molecular weight excluding hydrogens is 360 g/mol. The Labute approximate surface area is 162 Å². The summed E-state index contributed by atoms with van der Waals surface area (Å²) in [6, 6.07) is 15.0. The Morgan fingerprint density at radius 1 is 0.963 bits per heavy atom. The highest BCUT2D eigenvalue weighted by molar-refractivity contribution is 7.90. The number of anilines is 1. The van der Waals surface area contributed by atoms with Crippen molar-refractivity contribution in [3.63, 3.8) is 0 Å². The van der Waals surface area contributed by atoms with Crippen molar-refractivity contribution in [2.75, 3.05) is 11.9 Å². The predicted molar refractivity (Wildman–Crippen MR) is 111 cm³/mol. The van der Waals surface area contributed by atoms with Crippen LogP contribution in [-0.4, -0.2) is 26.1 Å². The van der Waals surface area contributed by atoms with Crippen molar-refractivity contribution in [3.8, 4) is 0 Å². The van der Waals surface area contributed by atoms with E-state index in [4.69, 9.17) is 0 Å². The average Bonchev–Trinajstić information content (AvgIpc) is 2.66. The Balaban J connectivity index is 1.96. The van der Waals surface area contributed by atoms with E-state index >= 15 is 0 Å². The van der Waals surface area contributed by atoms with Gasteiger partial charge in [-0.2, -0.15) is 0 Å². The summed E-state index contributed by atoms with van der Waals surface area (Å²) in [6.07, 6.45) is 0.939. The van der Waals surface area contributed by atoms with Crippen LogP contribution < -0.4 is 10.0 Å². The molecule has 0 aromatic heterocycles. The summed E-state index contributed by atoms with van der Waals surface area (Å²) in [5.74, 6) is -0.118. The molecule has 0 spiro atoms. The molecule has 1 unspecified atom stereocenters. The van der Waals surface area contributed by atoms with Gasteiger partial charge in [-0.3, -0.25) is 4.79 Å². The summed E-state index contributed by atoms with van der Waals surface area (Å²) >= 11 is 0. The first-order valence-corrected chi connectivity index (χ1v) is 10.8. The molecule has 0 heterocycles. The van der Waals surface area contributed by atoms with E-state index in [1.807, 2.05) is 55.5 Å². The van der Waals surface area contributed by atoms with Crippen LogP contribution in [0, 0.1) is 0 Å². The van der Waals surface area contributed by atoms with E-state index in [-0.39, 0.29) is 11.8 Å². The monoisotopic (exact) mass is 388 g/mol. The number of carbonyl (C=O) groups excluding carboxylic acids is 1. The number of carbonyl (C=O) groups is 1. The summed E-state index contributed by atoms with van der Waals surface area (Å²) in [4.78, 5) is 12.3. The van der Waals surface area contributed by atoms with Crippen molar-refractivity contribution in [1.29, 1.82) is 0 Å². The van der Waals surface area contributed by atoms with E-state index in [1.165, 1.54) is 5.56 Å². The van der Waals surface area contributed by atoms with E-state index in [1.54, 1.807) is 13.8 Å². The number of benzene rings is 2. The zero-order valence-electron chi connectivity index (χ0n) is 16.3. The van der Waals surface area contributed by atoms with Crippen LogP contribution in [0.2, 0.25) is 0 Å². The summed E-state index contributed by atoms with van der Waals surface area (Å²) in [6.45, 7) is 7.69. The van der Waals surface area contributed by atoms with Gasteiger partial charge < -0.3 is 5.32 Å². The second kappa shape index (κ2) is 9.15. The fraction of sp³-hybridized carbons (Fsp3) is 0.381.